The van der Waals surface area contributed by atoms with E-state index in [1.807, 2.05) is 0 Å². The van der Waals surface area contributed by atoms with Gasteiger partial charge in [0.15, 0.2) is 0 Å². The molecule has 1 unspecified atom stereocenters. The zero-order valence-corrected chi connectivity index (χ0v) is 8.06. The van der Waals surface area contributed by atoms with Crippen molar-refractivity contribution in [3.63, 3.8) is 0 Å². The molecule has 3 N–H and O–H groups in total. The summed E-state index contributed by atoms with van der Waals surface area (Å²) in [5.74, 6) is 0. The summed E-state index contributed by atoms with van der Waals surface area (Å²) in [6.07, 6.45) is 1.27. The molecule has 0 bridgehead atoms. The smallest absolute Gasteiger partial charge is 0.331 e. The molecular formula is C8H10N4O3. The van der Waals surface area contributed by atoms with Crippen LogP contribution >= 0.6 is 0 Å². The Hall–Kier alpha value is -1.89. The van der Waals surface area contributed by atoms with Crippen LogP contribution in [0.15, 0.2) is 20.3 Å². The Kier molecular flexibility index (Phi) is 2.16. The Morgan fingerprint density at radius 2 is 2.40 bits per heavy atom. The summed E-state index contributed by atoms with van der Waals surface area (Å²) >= 11 is 0. The molecule has 80 valence electrons. The van der Waals surface area contributed by atoms with Gasteiger partial charge in [0, 0.05) is 12.6 Å². The fourth-order valence-electron chi connectivity index (χ4n) is 1.36. The minimum Gasteiger partial charge on any atom is -0.337 e. The lowest BCUT2D eigenvalue weighted by atomic mass is 10.3. The Bertz CT molecular complexity index is 592. The number of aromatic amines is 1. The van der Waals surface area contributed by atoms with Gasteiger partial charge in [-0.15, -0.1) is 0 Å². The van der Waals surface area contributed by atoms with Gasteiger partial charge in [-0.05, 0) is 6.92 Å². The second-order valence-electron chi connectivity index (χ2n) is 3.39. The molecule has 15 heavy (non-hydrogen) atoms. The van der Waals surface area contributed by atoms with Crippen LogP contribution in [0.2, 0.25) is 0 Å². The van der Waals surface area contributed by atoms with Crippen molar-refractivity contribution in [3.05, 3.63) is 27.0 Å². The molecule has 2 aromatic heterocycles. The molecule has 2 heterocycles. The van der Waals surface area contributed by atoms with E-state index in [0.29, 0.717) is 0 Å². The molecule has 2 rings (SSSR count). The van der Waals surface area contributed by atoms with E-state index in [9.17, 15) is 9.59 Å². The van der Waals surface area contributed by atoms with Gasteiger partial charge in [0.05, 0.1) is 6.20 Å². The van der Waals surface area contributed by atoms with Gasteiger partial charge in [-0.3, -0.25) is 14.3 Å². The van der Waals surface area contributed by atoms with Gasteiger partial charge in [0.1, 0.15) is 5.39 Å². The molecule has 0 radical (unpaired) electrons. The number of nitrogens with one attached hydrogen (secondary N) is 1. The minimum absolute atomic E-state index is 0.154. The SMILES string of the molecule is CC(N)Cn1c(=O)[nH]c(=O)c2cnoc21. The van der Waals surface area contributed by atoms with Crippen LogP contribution in [-0.4, -0.2) is 20.7 Å². The third-order valence-electron chi connectivity index (χ3n) is 1.98. The molecule has 0 saturated heterocycles. The molecule has 0 aromatic carbocycles. The first kappa shape index (κ1) is 9.66. The summed E-state index contributed by atoms with van der Waals surface area (Å²) in [5.41, 5.74) is 4.69. The van der Waals surface area contributed by atoms with Gasteiger partial charge >= 0.3 is 5.69 Å². The number of nitrogens with zero attached hydrogens (tertiary/aromatic N) is 2. The lowest BCUT2D eigenvalue weighted by molar-refractivity contribution is 0.421. The predicted molar refractivity (Wildman–Crippen MR) is 52.5 cm³/mol. The molecule has 2 aromatic rings. The maximum Gasteiger partial charge on any atom is 0.331 e. The van der Waals surface area contributed by atoms with Crippen LogP contribution in [0.5, 0.6) is 0 Å². The highest BCUT2D eigenvalue weighted by Crippen LogP contribution is 2.05. The average molecular weight is 210 g/mol. The number of nitrogens with two attached hydrogens (primary N) is 1. The van der Waals surface area contributed by atoms with E-state index in [0.717, 1.165) is 0 Å². The average Bonchev–Trinajstić information content (AvgIpc) is 2.60. The van der Waals surface area contributed by atoms with Crippen LogP contribution in [0.3, 0.4) is 0 Å². The number of fused-ring (bicyclic) bond motifs is 1. The highest BCUT2D eigenvalue weighted by molar-refractivity contribution is 5.70. The Balaban J connectivity index is 2.77. The van der Waals surface area contributed by atoms with Gasteiger partial charge in [0.2, 0.25) is 5.71 Å². The first-order chi connectivity index (χ1) is 7.09. The van der Waals surface area contributed by atoms with E-state index in [1.165, 1.54) is 10.8 Å². The normalized spacial score (nSPS) is 13.2. The summed E-state index contributed by atoms with van der Waals surface area (Å²) in [4.78, 5) is 24.9. The number of hydrogen-bond donors (Lipinski definition) is 2. The second kappa shape index (κ2) is 3.35. The number of aromatic nitrogens is 3. The molecule has 7 nitrogen and oxygen atoms in total. The second-order valence-corrected chi connectivity index (χ2v) is 3.39. The van der Waals surface area contributed by atoms with Gasteiger partial charge in [-0.1, -0.05) is 5.16 Å². The lowest BCUT2D eigenvalue weighted by Gasteiger charge is -2.07. The topological polar surface area (TPSA) is 107 Å². The molecule has 0 saturated carbocycles. The van der Waals surface area contributed by atoms with Gasteiger partial charge in [-0.25, -0.2) is 4.79 Å². The highest BCUT2D eigenvalue weighted by atomic mass is 16.5. The fourth-order valence-corrected chi connectivity index (χ4v) is 1.36. The van der Waals surface area contributed by atoms with Crippen molar-refractivity contribution in [2.45, 2.75) is 19.5 Å². The van der Waals surface area contributed by atoms with Crippen LogP contribution in [0.4, 0.5) is 0 Å². The van der Waals surface area contributed by atoms with E-state index in [2.05, 4.69) is 10.1 Å². The Morgan fingerprint density at radius 1 is 1.67 bits per heavy atom. The molecule has 0 fully saturated rings. The van der Waals surface area contributed by atoms with Crippen molar-refractivity contribution in [2.24, 2.45) is 5.73 Å². The monoisotopic (exact) mass is 210 g/mol. The van der Waals surface area contributed by atoms with Crippen LogP contribution in [-0.2, 0) is 6.54 Å². The lowest BCUT2D eigenvalue weighted by Crippen LogP contribution is -2.34. The van der Waals surface area contributed by atoms with Crippen LogP contribution in [0.1, 0.15) is 6.92 Å². The summed E-state index contributed by atoms with van der Waals surface area (Å²) in [5, 5.41) is 3.72. The van der Waals surface area contributed by atoms with Gasteiger partial charge in [0.25, 0.3) is 5.56 Å². The highest BCUT2D eigenvalue weighted by Gasteiger charge is 2.12. The largest absolute Gasteiger partial charge is 0.337 e. The zero-order chi connectivity index (χ0) is 11.0. The fraction of sp³-hybridized carbons (Fsp3) is 0.375. The summed E-state index contributed by atoms with van der Waals surface area (Å²) in [7, 11) is 0. The molecule has 0 aliphatic rings. The molecule has 0 amide bonds. The standard InChI is InChI=1S/C8H10N4O3/c1-4(9)3-12-7-5(2-10-15-7)6(13)11-8(12)14/h2,4H,3,9H2,1H3,(H,11,13,14). The van der Waals surface area contributed by atoms with Crippen LogP contribution < -0.4 is 17.0 Å². The Morgan fingerprint density at radius 3 is 3.07 bits per heavy atom. The maximum atomic E-state index is 11.5. The minimum atomic E-state index is -0.540. The molecule has 1 atom stereocenters. The molecule has 7 heteroatoms. The van der Waals surface area contributed by atoms with Crippen molar-refractivity contribution in [2.75, 3.05) is 0 Å². The van der Waals surface area contributed by atoms with Crippen molar-refractivity contribution in [3.8, 4) is 0 Å². The van der Waals surface area contributed by atoms with E-state index >= 15 is 0 Å². The van der Waals surface area contributed by atoms with Crippen molar-refractivity contribution in [1.82, 2.24) is 14.7 Å². The van der Waals surface area contributed by atoms with Crippen molar-refractivity contribution in [1.29, 1.82) is 0 Å². The molecule has 0 aliphatic heterocycles. The zero-order valence-electron chi connectivity index (χ0n) is 8.06. The van der Waals surface area contributed by atoms with E-state index in [4.69, 9.17) is 10.3 Å². The summed E-state index contributed by atoms with van der Waals surface area (Å²) in [6.45, 7) is 2.01. The van der Waals surface area contributed by atoms with E-state index in [-0.39, 0.29) is 23.7 Å². The Labute approximate surface area is 83.5 Å². The maximum absolute atomic E-state index is 11.5. The molecular weight excluding hydrogens is 200 g/mol. The first-order valence-corrected chi connectivity index (χ1v) is 4.42. The molecule has 0 spiro atoms. The van der Waals surface area contributed by atoms with Crippen molar-refractivity contribution < 1.29 is 4.52 Å². The summed E-state index contributed by atoms with van der Waals surface area (Å²) in [6, 6.07) is -0.220. The number of hydrogen-bond acceptors (Lipinski definition) is 5. The van der Waals surface area contributed by atoms with Crippen LogP contribution in [0.25, 0.3) is 11.1 Å². The van der Waals surface area contributed by atoms with Crippen molar-refractivity contribution >= 4 is 11.1 Å². The third kappa shape index (κ3) is 1.57. The van der Waals surface area contributed by atoms with Gasteiger partial charge in [-0.2, -0.15) is 0 Å². The summed E-state index contributed by atoms with van der Waals surface area (Å²) < 4.78 is 6.11. The predicted octanol–water partition coefficient (Wildman–Crippen LogP) is -0.975. The third-order valence-corrected chi connectivity index (χ3v) is 1.98. The van der Waals surface area contributed by atoms with E-state index in [1.54, 1.807) is 6.92 Å². The van der Waals surface area contributed by atoms with Gasteiger partial charge < -0.3 is 10.3 Å². The number of H-pyrrole nitrogens is 1. The first-order valence-electron chi connectivity index (χ1n) is 4.42. The molecule has 0 aliphatic carbocycles. The van der Waals surface area contributed by atoms with Crippen LogP contribution in [0, 0.1) is 0 Å². The quantitative estimate of drug-likeness (QED) is 0.662. The van der Waals surface area contributed by atoms with E-state index < -0.39 is 11.2 Å². The number of rotatable bonds is 2.